The molecule has 6 nitrogen and oxygen atoms in total. The van der Waals surface area contributed by atoms with Crippen LogP contribution in [-0.4, -0.2) is 62.9 Å². The fourth-order valence-electron chi connectivity index (χ4n) is 0.933. The highest BCUT2D eigenvalue weighted by Gasteiger charge is 2.08. The molecule has 1 radical (unpaired) electrons. The highest BCUT2D eigenvalue weighted by atomic mass is 32.2. The van der Waals surface area contributed by atoms with Crippen molar-refractivity contribution in [1.29, 1.82) is 0 Å². The van der Waals surface area contributed by atoms with Crippen LogP contribution in [0.1, 0.15) is 0 Å². The number of tetrazole rings is 1. The first-order chi connectivity index (χ1) is 7.63. The molecular formula is C8H15N6S2. The summed E-state index contributed by atoms with van der Waals surface area (Å²) in [6, 6.07) is -0.223. The number of thiocarbonyl (C=S) groups is 1. The van der Waals surface area contributed by atoms with Gasteiger partial charge in [0.25, 0.3) is 0 Å². The molecule has 0 fully saturated rings. The van der Waals surface area contributed by atoms with E-state index in [4.69, 9.17) is 5.73 Å². The van der Waals surface area contributed by atoms with Gasteiger partial charge in [-0.25, -0.2) is 4.68 Å². The Morgan fingerprint density at radius 1 is 1.62 bits per heavy atom. The molecule has 0 bridgehead atoms. The molecule has 0 aliphatic heterocycles. The normalized spacial score (nSPS) is 13.0. The van der Waals surface area contributed by atoms with Crippen molar-refractivity contribution in [3.63, 3.8) is 0 Å². The van der Waals surface area contributed by atoms with E-state index in [0.29, 0.717) is 5.75 Å². The van der Waals surface area contributed by atoms with Gasteiger partial charge in [-0.1, -0.05) is 24.0 Å². The molecule has 1 unspecified atom stereocenters. The monoisotopic (exact) mass is 259 g/mol. The molecule has 89 valence electrons. The largest absolute Gasteiger partial charge is 0.323 e. The van der Waals surface area contributed by atoms with Crippen molar-refractivity contribution >= 4 is 29.3 Å². The molecule has 1 aromatic heterocycles. The summed E-state index contributed by atoms with van der Waals surface area (Å²) in [6.07, 6.45) is 0. The zero-order valence-electron chi connectivity index (χ0n) is 9.33. The summed E-state index contributed by atoms with van der Waals surface area (Å²) in [4.78, 5) is 2.08. The Morgan fingerprint density at radius 2 is 2.38 bits per heavy atom. The molecule has 0 aromatic carbocycles. The van der Waals surface area contributed by atoms with E-state index in [1.807, 2.05) is 14.1 Å². The Hall–Kier alpha value is -0.570. The van der Waals surface area contributed by atoms with Crippen LogP contribution in [0.2, 0.25) is 0 Å². The van der Waals surface area contributed by atoms with Crippen molar-refractivity contribution < 1.29 is 0 Å². The maximum absolute atomic E-state index is 5.64. The number of hydrogen-bond donors (Lipinski definition) is 1. The second-order valence-corrected chi connectivity index (χ2v) is 4.75. The van der Waals surface area contributed by atoms with Gasteiger partial charge in [-0.05, 0) is 24.5 Å². The highest BCUT2D eigenvalue weighted by Crippen LogP contribution is 2.13. The lowest BCUT2D eigenvalue weighted by molar-refractivity contribution is 0.361. The Balaban J connectivity index is 2.46. The smallest absolute Gasteiger partial charge is 0.209 e. The first kappa shape index (κ1) is 13.5. The van der Waals surface area contributed by atoms with E-state index in [1.165, 1.54) is 11.8 Å². The number of nitrogens with two attached hydrogens (primary N) is 1. The average molecular weight is 259 g/mol. The predicted molar refractivity (Wildman–Crippen MR) is 67.7 cm³/mol. The Kier molecular flexibility index (Phi) is 5.81. The van der Waals surface area contributed by atoms with Crippen LogP contribution in [-0.2, 0) is 6.54 Å². The first-order valence-electron chi connectivity index (χ1n) is 4.80. The van der Waals surface area contributed by atoms with Crippen LogP contribution in [0.15, 0.2) is 5.16 Å². The Bertz CT molecular complexity index is 326. The summed E-state index contributed by atoms with van der Waals surface area (Å²) < 4.78 is 1.76. The zero-order valence-corrected chi connectivity index (χ0v) is 11.0. The molecule has 0 aliphatic rings. The summed E-state index contributed by atoms with van der Waals surface area (Å²) in [5.41, 5.74) is 5.64. The molecule has 8 heteroatoms. The van der Waals surface area contributed by atoms with Gasteiger partial charge in [-0.15, -0.1) is 5.10 Å². The standard InChI is InChI=1S/C8H15N6S2/c1-13(2)3-4-14-8(10-11-12-14)16-6-7(9)5-15/h7H,3-4,6,9H2,1-2H3. The number of aromatic nitrogens is 4. The van der Waals surface area contributed by atoms with E-state index in [2.05, 4.69) is 38.0 Å². The van der Waals surface area contributed by atoms with Crippen molar-refractivity contribution in [2.75, 3.05) is 26.4 Å². The molecule has 0 aliphatic carbocycles. The third-order valence-corrected chi connectivity index (χ3v) is 3.18. The van der Waals surface area contributed by atoms with Crippen LogP contribution in [0, 0.1) is 0 Å². The molecule has 0 saturated carbocycles. The van der Waals surface area contributed by atoms with Crippen LogP contribution >= 0.6 is 24.0 Å². The highest BCUT2D eigenvalue weighted by molar-refractivity contribution is 7.99. The fourth-order valence-corrected chi connectivity index (χ4v) is 1.91. The number of nitrogens with zero attached hydrogens (tertiary/aromatic N) is 5. The Morgan fingerprint density at radius 3 is 3.00 bits per heavy atom. The van der Waals surface area contributed by atoms with Crippen molar-refractivity contribution in [3.8, 4) is 0 Å². The second-order valence-electron chi connectivity index (χ2n) is 3.52. The van der Waals surface area contributed by atoms with Crippen molar-refractivity contribution in [2.24, 2.45) is 5.73 Å². The molecule has 0 saturated heterocycles. The lowest BCUT2D eigenvalue weighted by Gasteiger charge is -2.10. The molecule has 0 spiro atoms. The summed E-state index contributed by atoms with van der Waals surface area (Å²) in [7, 11) is 4.02. The van der Waals surface area contributed by atoms with Gasteiger partial charge in [-0.2, -0.15) is 0 Å². The summed E-state index contributed by atoms with van der Waals surface area (Å²) >= 11 is 6.13. The summed E-state index contributed by atoms with van der Waals surface area (Å²) in [5, 5.41) is 14.8. The van der Waals surface area contributed by atoms with Crippen molar-refractivity contribution in [2.45, 2.75) is 17.7 Å². The van der Waals surface area contributed by atoms with Crippen LogP contribution < -0.4 is 5.73 Å². The van der Waals surface area contributed by atoms with Gasteiger partial charge >= 0.3 is 0 Å². The van der Waals surface area contributed by atoms with E-state index in [9.17, 15) is 0 Å². The van der Waals surface area contributed by atoms with Crippen LogP contribution in [0.25, 0.3) is 0 Å². The predicted octanol–water partition coefficient (Wildman–Crippen LogP) is -0.469. The van der Waals surface area contributed by atoms with E-state index < -0.39 is 0 Å². The van der Waals surface area contributed by atoms with Crippen LogP contribution in [0.5, 0.6) is 0 Å². The van der Waals surface area contributed by atoms with Gasteiger partial charge in [0.2, 0.25) is 5.16 Å². The molecule has 1 aromatic rings. The van der Waals surface area contributed by atoms with Crippen molar-refractivity contribution in [3.05, 3.63) is 0 Å². The number of hydrogen-bond acceptors (Lipinski definition) is 7. The lowest BCUT2D eigenvalue weighted by Crippen LogP contribution is -2.24. The Labute approximate surface area is 105 Å². The molecule has 1 heterocycles. The molecular weight excluding hydrogens is 244 g/mol. The third kappa shape index (κ3) is 4.52. The van der Waals surface area contributed by atoms with Gasteiger partial charge in [-0.3, -0.25) is 0 Å². The van der Waals surface area contributed by atoms with Gasteiger partial charge in [0.1, 0.15) is 0 Å². The zero-order chi connectivity index (χ0) is 12.0. The summed E-state index contributed by atoms with van der Waals surface area (Å²) in [5.74, 6) is 0.645. The fraction of sp³-hybridized carbons (Fsp3) is 0.750. The van der Waals surface area contributed by atoms with Gasteiger partial charge < -0.3 is 10.6 Å². The van der Waals surface area contributed by atoms with Gasteiger partial charge in [0, 0.05) is 17.7 Å². The second kappa shape index (κ2) is 6.89. The van der Waals surface area contributed by atoms with Gasteiger partial charge in [0.05, 0.1) is 12.6 Å². The van der Waals surface area contributed by atoms with Crippen molar-refractivity contribution in [1.82, 2.24) is 25.1 Å². The minimum absolute atomic E-state index is 0.223. The SMILES string of the molecule is CN(C)CCn1nnnc1SCC(N)[C]=S. The van der Waals surface area contributed by atoms with E-state index >= 15 is 0 Å². The molecule has 1 atom stereocenters. The van der Waals surface area contributed by atoms with E-state index in [-0.39, 0.29) is 6.04 Å². The quantitative estimate of drug-likeness (QED) is 0.524. The molecule has 1 rings (SSSR count). The number of rotatable bonds is 7. The minimum Gasteiger partial charge on any atom is -0.323 e. The van der Waals surface area contributed by atoms with E-state index in [0.717, 1.165) is 18.2 Å². The van der Waals surface area contributed by atoms with Crippen LogP contribution in [0.4, 0.5) is 0 Å². The number of likely N-dealkylation sites (N-methyl/N-ethyl adjacent to an activating group) is 1. The minimum atomic E-state index is -0.223. The maximum atomic E-state index is 5.64. The molecule has 16 heavy (non-hydrogen) atoms. The molecule has 0 amide bonds. The van der Waals surface area contributed by atoms with E-state index in [1.54, 1.807) is 4.68 Å². The molecule has 2 N–H and O–H groups in total. The number of thioether (sulfide) groups is 1. The van der Waals surface area contributed by atoms with Gasteiger partial charge in [0.15, 0.2) is 0 Å². The third-order valence-electron chi connectivity index (χ3n) is 1.80. The summed E-state index contributed by atoms with van der Waals surface area (Å²) in [6.45, 7) is 1.66. The average Bonchev–Trinajstić information content (AvgIpc) is 2.70. The maximum Gasteiger partial charge on any atom is 0.209 e. The van der Waals surface area contributed by atoms with Crippen LogP contribution in [0.3, 0.4) is 0 Å². The lowest BCUT2D eigenvalue weighted by atomic mass is 10.4. The first-order valence-corrected chi connectivity index (χ1v) is 6.20. The topological polar surface area (TPSA) is 72.9 Å².